The Kier molecular flexibility index (Phi) is 8.49. The van der Waals surface area contributed by atoms with Crippen LogP contribution in [-0.2, 0) is 10.8 Å². The van der Waals surface area contributed by atoms with Crippen molar-refractivity contribution in [3.63, 3.8) is 0 Å². The molecule has 0 radical (unpaired) electrons. The van der Waals surface area contributed by atoms with E-state index in [2.05, 4.69) is 255 Å². The van der Waals surface area contributed by atoms with Crippen molar-refractivity contribution in [1.29, 1.82) is 0 Å². The normalized spacial score (nSPS) is 13.8. The van der Waals surface area contributed by atoms with Crippen molar-refractivity contribution in [3.8, 4) is 44.5 Å². The second kappa shape index (κ2) is 14.4. The van der Waals surface area contributed by atoms with Crippen LogP contribution in [0.5, 0.6) is 0 Å². The van der Waals surface area contributed by atoms with Crippen LogP contribution in [0.15, 0.2) is 237 Å². The molecule has 12 rings (SSSR count). The van der Waals surface area contributed by atoms with E-state index in [9.17, 15) is 0 Å². The molecule has 0 bridgehead atoms. The van der Waals surface area contributed by atoms with Gasteiger partial charge < -0.3 is 4.90 Å². The van der Waals surface area contributed by atoms with E-state index in [-0.39, 0.29) is 5.41 Å². The van der Waals surface area contributed by atoms with Gasteiger partial charge in [0.05, 0.1) is 5.41 Å². The number of fused-ring (bicyclic) bond motifs is 7. The monoisotopic (exact) mass is 803 g/mol. The predicted octanol–water partition coefficient (Wildman–Crippen LogP) is 16.3. The van der Waals surface area contributed by atoms with E-state index in [4.69, 9.17) is 0 Å². The van der Waals surface area contributed by atoms with Crippen molar-refractivity contribution in [2.75, 3.05) is 4.90 Å². The summed E-state index contributed by atoms with van der Waals surface area (Å²) in [4.78, 5) is 2.47. The summed E-state index contributed by atoms with van der Waals surface area (Å²) in [7, 11) is 0. The fourth-order valence-electron chi connectivity index (χ4n) is 10.9. The Morgan fingerprint density at radius 2 is 0.762 bits per heavy atom. The molecule has 2 aliphatic carbocycles. The van der Waals surface area contributed by atoms with Crippen LogP contribution in [0.2, 0.25) is 0 Å². The minimum atomic E-state index is -0.502. The zero-order chi connectivity index (χ0) is 42.1. The van der Waals surface area contributed by atoms with Gasteiger partial charge in [0.25, 0.3) is 0 Å². The summed E-state index contributed by atoms with van der Waals surface area (Å²) >= 11 is 0. The summed E-state index contributed by atoms with van der Waals surface area (Å²) < 4.78 is 0. The molecule has 1 heteroatoms. The Balaban J connectivity index is 1.03. The third kappa shape index (κ3) is 5.77. The van der Waals surface area contributed by atoms with Crippen LogP contribution in [0.1, 0.15) is 47.2 Å². The molecule has 2 aliphatic rings. The van der Waals surface area contributed by atoms with Crippen LogP contribution >= 0.6 is 0 Å². The summed E-state index contributed by atoms with van der Waals surface area (Å²) in [6, 6.07) is 87.8. The van der Waals surface area contributed by atoms with Crippen molar-refractivity contribution >= 4 is 27.8 Å². The average molecular weight is 804 g/mol. The molecule has 0 unspecified atom stereocenters. The molecule has 0 saturated heterocycles. The topological polar surface area (TPSA) is 3.24 Å². The van der Waals surface area contributed by atoms with Gasteiger partial charge in [0.2, 0.25) is 0 Å². The van der Waals surface area contributed by atoms with E-state index in [0.717, 1.165) is 17.1 Å². The highest BCUT2D eigenvalue weighted by molar-refractivity contribution is 5.92. The minimum absolute atomic E-state index is 0.136. The first kappa shape index (κ1) is 37.1. The number of hydrogen-bond acceptors (Lipinski definition) is 1. The molecule has 1 nitrogen and oxygen atoms in total. The molecular formula is C62H45N. The van der Waals surface area contributed by atoms with Crippen LogP contribution in [0.25, 0.3) is 55.3 Å². The second-order valence-electron chi connectivity index (χ2n) is 17.7. The molecule has 298 valence electrons. The summed E-state index contributed by atoms with van der Waals surface area (Å²) in [6.07, 6.45) is 0. The van der Waals surface area contributed by atoms with E-state index >= 15 is 0 Å². The van der Waals surface area contributed by atoms with Gasteiger partial charge in [0, 0.05) is 22.5 Å². The zero-order valence-electron chi connectivity index (χ0n) is 35.5. The van der Waals surface area contributed by atoms with Crippen molar-refractivity contribution < 1.29 is 0 Å². The van der Waals surface area contributed by atoms with Gasteiger partial charge in [-0.2, -0.15) is 0 Å². The molecule has 10 aromatic rings. The van der Waals surface area contributed by atoms with Crippen molar-refractivity contribution in [1.82, 2.24) is 0 Å². The van der Waals surface area contributed by atoms with E-state index in [1.165, 1.54) is 88.7 Å². The van der Waals surface area contributed by atoms with Crippen LogP contribution in [-0.4, -0.2) is 0 Å². The maximum Gasteiger partial charge on any atom is 0.0714 e. The summed E-state index contributed by atoms with van der Waals surface area (Å²) in [6.45, 7) is 4.74. The average Bonchev–Trinajstić information content (AvgIpc) is 3.77. The first-order chi connectivity index (χ1) is 31.0. The first-order valence-electron chi connectivity index (χ1n) is 22.1. The minimum Gasteiger partial charge on any atom is -0.310 e. The maximum absolute atomic E-state index is 2.48. The summed E-state index contributed by atoms with van der Waals surface area (Å²) in [5.41, 5.74) is 20.6. The van der Waals surface area contributed by atoms with Gasteiger partial charge in [0.1, 0.15) is 0 Å². The molecule has 0 aliphatic heterocycles. The maximum atomic E-state index is 2.48. The summed E-state index contributed by atoms with van der Waals surface area (Å²) in [5, 5.41) is 2.51. The molecule has 0 saturated carbocycles. The second-order valence-corrected chi connectivity index (χ2v) is 17.7. The Labute approximate surface area is 370 Å². The Bertz CT molecular complexity index is 3320. The van der Waals surface area contributed by atoms with E-state index in [1.54, 1.807) is 0 Å². The lowest BCUT2D eigenvalue weighted by molar-refractivity contribution is 0.660. The van der Waals surface area contributed by atoms with Gasteiger partial charge in [-0.3, -0.25) is 0 Å². The van der Waals surface area contributed by atoms with Crippen molar-refractivity contribution in [3.05, 3.63) is 270 Å². The van der Waals surface area contributed by atoms with Gasteiger partial charge in [0.15, 0.2) is 0 Å². The molecule has 0 spiro atoms. The lowest BCUT2D eigenvalue weighted by Gasteiger charge is -2.35. The molecule has 0 N–H and O–H groups in total. The molecular weight excluding hydrogens is 759 g/mol. The number of rotatable bonds is 7. The standard InChI is InChI=1S/C62H45N/c1-61(2)57-26-13-11-24-53(57)55-36-34-51(40-59(55)61)63(50-32-30-43(31-33-50)45-18-15-19-46(38-45)47-29-28-42-16-9-10-17-44(42)39-47)52-35-37-56-54-25-12-14-27-58(54)62(60(56)41-52,48-20-5-3-6-21-48)49-22-7-4-8-23-49/h3-41H,1-2H3. The quantitative estimate of drug-likeness (QED) is 0.155. The predicted molar refractivity (Wildman–Crippen MR) is 264 cm³/mol. The Morgan fingerprint density at radius 1 is 0.286 bits per heavy atom. The molecule has 0 aromatic heterocycles. The van der Waals surface area contributed by atoms with Gasteiger partial charge >= 0.3 is 0 Å². The molecule has 0 fully saturated rings. The fourth-order valence-corrected chi connectivity index (χ4v) is 10.9. The smallest absolute Gasteiger partial charge is 0.0714 e. The highest BCUT2D eigenvalue weighted by Crippen LogP contribution is 2.58. The highest BCUT2D eigenvalue weighted by Gasteiger charge is 2.46. The van der Waals surface area contributed by atoms with E-state index < -0.39 is 5.41 Å². The molecule has 63 heavy (non-hydrogen) atoms. The molecule has 10 aromatic carbocycles. The van der Waals surface area contributed by atoms with Gasteiger partial charge in [-0.05, 0) is 137 Å². The fraction of sp³-hybridized carbons (Fsp3) is 0.0645. The lowest BCUT2D eigenvalue weighted by atomic mass is 9.67. The van der Waals surface area contributed by atoms with Crippen LogP contribution in [0.4, 0.5) is 17.1 Å². The SMILES string of the molecule is CC1(C)c2ccccc2-c2ccc(N(c3ccc(-c4cccc(-c5ccc6ccccc6c5)c4)cc3)c3ccc4c(c3)C(c3ccccc3)(c3ccccc3)c3ccccc3-4)cc21. The van der Waals surface area contributed by atoms with E-state index in [1.807, 2.05) is 0 Å². The molecule has 0 atom stereocenters. The molecule has 0 amide bonds. The molecule has 0 heterocycles. The summed E-state index contributed by atoms with van der Waals surface area (Å²) in [5.74, 6) is 0. The van der Waals surface area contributed by atoms with Gasteiger partial charge in [-0.1, -0.05) is 202 Å². The number of hydrogen-bond donors (Lipinski definition) is 0. The van der Waals surface area contributed by atoms with Crippen LogP contribution in [0.3, 0.4) is 0 Å². The third-order valence-electron chi connectivity index (χ3n) is 13.9. The Hall–Kier alpha value is -7.74. The first-order valence-corrected chi connectivity index (χ1v) is 22.1. The lowest BCUT2D eigenvalue weighted by Crippen LogP contribution is -2.28. The van der Waals surface area contributed by atoms with Crippen molar-refractivity contribution in [2.45, 2.75) is 24.7 Å². The Morgan fingerprint density at radius 3 is 1.44 bits per heavy atom. The van der Waals surface area contributed by atoms with Gasteiger partial charge in [-0.25, -0.2) is 0 Å². The number of benzene rings is 10. The van der Waals surface area contributed by atoms with E-state index in [0.29, 0.717) is 0 Å². The number of anilines is 3. The van der Waals surface area contributed by atoms with Crippen LogP contribution < -0.4 is 4.90 Å². The zero-order valence-corrected chi connectivity index (χ0v) is 35.5. The number of nitrogens with zero attached hydrogens (tertiary/aromatic N) is 1. The van der Waals surface area contributed by atoms with Crippen LogP contribution in [0, 0.1) is 0 Å². The third-order valence-corrected chi connectivity index (χ3v) is 13.9. The van der Waals surface area contributed by atoms with Crippen molar-refractivity contribution in [2.24, 2.45) is 0 Å². The highest BCUT2D eigenvalue weighted by atomic mass is 15.1. The van der Waals surface area contributed by atoms with Gasteiger partial charge in [-0.15, -0.1) is 0 Å². The largest absolute Gasteiger partial charge is 0.310 e.